The van der Waals surface area contributed by atoms with Gasteiger partial charge in [0.2, 0.25) is 5.91 Å². The van der Waals surface area contributed by atoms with Gasteiger partial charge in [-0.05, 0) is 36.8 Å². The molecule has 0 unspecified atom stereocenters. The maximum Gasteiger partial charge on any atom is 0.337 e. The van der Waals surface area contributed by atoms with Crippen LogP contribution in [0.1, 0.15) is 40.7 Å². The Kier molecular flexibility index (Phi) is 5.96. The van der Waals surface area contributed by atoms with Crippen molar-refractivity contribution in [2.45, 2.75) is 25.0 Å². The van der Waals surface area contributed by atoms with Gasteiger partial charge in [0.25, 0.3) is 0 Å². The predicted octanol–water partition coefficient (Wildman–Crippen LogP) is 3.52. The summed E-state index contributed by atoms with van der Waals surface area (Å²) in [6, 6.07) is 16.0. The number of hydrogen-bond acceptors (Lipinski definition) is 7. The van der Waals surface area contributed by atoms with E-state index in [1.807, 2.05) is 6.92 Å². The summed E-state index contributed by atoms with van der Waals surface area (Å²) in [5, 5.41) is 21.9. The summed E-state index contributed by atoms with van der Waals surface area (Å²) < 4.78 is 10.2. The molecule has 1 N–H and O–H groups in total. The third kappa shape index (κ3) is 3.64. The number of hydrogen-bond donors (Lipinski definition) is 1. The van der Waals surface area contributed by atoms with Crippen molar-refractivity contribution in [3.8, 4) is 11.8 Å². The molecule has 1 saturated heterocycles. The van der Waals surface area contributed by atoms with Crippen LogP contribution in [0.15, 0.2) is 59.1 Å². The number of thioether (sulfide) groups is 1. The molecule has 164 valence electrons. The molecule has 0 aliphatic carbocycles. The second kappa shape index (κ2) is 8.69. The number of allylic oxidation sites excluding steroid dienone is 1. The minimum absolute atomic E-state index is 0.0455. The lowest BCUT2D eigenvalue weighted by Gasteiger charge is -2.38. The summed E-state index contributed by atoms with van der Waals surface area (Å²) in [6.07, 6.45) is 0.0455. The highest BCUT2D eigenvalue weighted by atomic mass is 32.2. The predicted molar refractivity (Wildman–Crippen MR) is 119 cm³/mol. The highest BCUT2D eigenvalue weighted by Gasteiger charge is 2.51. The molecule has 2 heterocycles. The third-order valence-electron chi connectivity index (χ3n) is 5.67. The maximum atomic E-state index is 13.2. The van der Waals surface area contributed by atoms with Gasteiger partial charge in [0.1, 0.15) is 5.75 Å². The normalized spacial score (nSPS) is 22.4. The van der Waals surface area contributed by atoms with E-state index in [9.17, 15) is 20.0 Å². The molecular formula is C24H22N2O5S. The van der Waals surface area contributed by atoms with Gasteiger partial charge in [-0.2, -0.15) is 5.26 Å². The van der Waals surface area contributed by atoms with Crippen LogP contribution in [0, 0.1) is 11.3 Å². The molecule has 2 aromatic carbocycles. The van der Waals surface area contributed by atoms with Crippen molar-refractivity contribution in [3.63, 3.8) is 0 Å². The molecule has 0 radical (unpaired) electrons. The van der Waals surface area contributed by atoms with Gasteiger partial charge >= 0.3 is 5.97 Å². The Labute approximate surface area is 190 Å². The quantitative estimate of drug-likeness (QED) is 0.696. The van der Waals surface area contributed by atoms with E-state index in [1.54, 1.807) is 48.5 Å². The number of nitrogens with zero attached hydrogens (tertiary/aromatic N) is 2. The summed E-state index contributed by atoms with van der Waals surface area (Å²) in [7, 11) is 1.31. The highest BCUT2D eigenvalue weighted by molar-refractivity contribution is 8.03. The standard InChI is InChI=1S/C24H22N2O5S/c1-3-31-18-10-8-17(9-11-18)24(29)14-32-22-20(13-25)19(12-21(27)26(22)24)15-4-6-16(7-5-15)23(28)30-2/h4-11,19,29H,3,12,14H2,1-2H3/t19-,24-/m0/s1. The van der Waals surface area contributed by atoms with E-state index in [0.29, 0.717) is 34.1 Å². The first kappa shape index (κ1) is 21.9. The van der Waals surface area contributed by atoms with E-state index >= 15 is 0 Å². The van der Waals surface area contributed by atoms with E-state index in [-0.39, 0.29) is 18.1 Å². The lowest BCUT2D eigenvalue weighted by molar-refractivity contribution is -0.149. The molecule has 2 atom stereocenters. The molecule has 2 aliphatic heterocycles. The van der Waals surface area contributed by atoms with Gasteiger partial charge in [-0.25, -0.2) is 4.79 Å². The Morgan fingerprint density at radius 3 is 2.53 bits per heavy atom. The third-order valence-corrected chi connectivity index (χ3v) is 6.90. The van der Waals surface area contributed by atoms with E-state index in [1.165, 1.54) is 23.8 Å². The number of benzene rings is 2. The van der Waals surface area contributed by atoms with Crippen molar-refractivity contribution in [3.05, 3.63) is 75.8 Å². The molecule has 2 aliphatic rings. The summed E-state index contributed by atoms with van der Waals surface area (Å²) in [6.45, 7) is 2.42. The fourth-order valence-electron chi connectivity index (χ4n) is 4.08. The first-order chi connectivity index (χ1) is 15.4. The molecule has 1 amide bonds. The summed E-state index contributed by atoms with van der Waals surface area (Å²) in [5.74, 6) is -0.253. The minimum atomic E-state index is -1.54. The van der Waals surface area contributed by atoms with E-state index in [4.69, 9.17) is 9.47 Å². The summed E-state index contributed by atoms with van der Waals surface area (Å²) in [5.41, 5.74) is 0.610. The monoisotopic (exact) mass is 450 g/mol. The second-order valence-corrected chi connectivity index (χ2v) is 8.46. The van der Waals surface area contributed by atoms with Crippen molar-refractivity contribution < 1.29 is 24.2 Å². The van der Waals surface area contributed by atoms with Crippen molar-refractivity contribution in [1.29, 1.82) is 5.26 Å². The number of nitriles is 1. The fraction of sp³-hybridized carbons (Fsp3) is 0.292. The Bertz CT molecular complexity index is 1120. The zero-order chi connectivity index (χ0) is 22.9. The first-order valence-electron chi connectivity index (χ1n) is 10.2. The van der Waals surface area contributed by atoms with E-state index in [2.05, 4.69) is 6.07 Å². The lowest BCUT2D eigenvalue weighted by Crippen LogP contribution is -2.48. The van der Waals surface area contributed by atoms with Gasteiger partial charge in [0.05, 0.1) is 41.7 Å². The van der Waals surface area contributed by atoms with Crippen LogP contribution in [-0.2, 0) is 15.3 Å². The van der Waals surface area contributed by atoms with Crippen LogP contribution in [0.2, 0.25) is 0 Å². The Hall–Kier alpha value is -3.28. The zero-order valence-corrected chi connectivity index (χ0v) is 18.5. The average Bonchev–Trinajstić information content (AvgIpc) is 3.18. The zero-order valence-electron chi connectivity index (χ0n) is 17.7. The molecule has 8 heteroatoms. The highest BCUT2D eigenvalue weighted by Crippen LogP contribution is 2.51. The largest absolute Gasteiger partial charge is 0.494 e. The van der Waals surface area contributed by atoms with Crippen LogP contribution < -0.4 is 4.74 Å². The molecule has 1 fully saturated rings. The average molecular weight is 451 g/mol. The number of rotatable bonds is 5. The molecule has 2 aromatic rings. The van der Waals surface area contributed by atoms with Crippen LogP contribution in [0.3, 0.4) is 0 Å². The minimum Gasteiger partial charge on any atom is -0.494 e. The van der Waals surface area contributed by atoms with E-state index < -0.39 is 17.6 Å². The Morgan fingerprint density at radius 1 is 1.25 bits per heavy atom. The van der Waals surface area contributed by atoms with Gasteiger partial charge in [0.15, 0.2) is 5.72 Å². The number of aliphatic hydroxyl groups is 1. The van der Waals surface area contributed by atoms with Crippen LogP contribution in [-0.4, -0.2) is 41.4 Å². The molecule has 0 aromatic heterocycles. The van der Waals surface area contributed by atoms with Gasteiger partial charge < -0.3 is 14.6 Å². The molecular weight excluding hydrogens is 428 g/mol. The van der Waals surface area contributed by atoms with Crippen molar-refractivity contribution in [1.82, 2.24) is 4.90 Å². The maximum absolute atomic E-state index is 13.2. The van der Waals surface area contributed by atoms with Crippen LogP contribution in [0.25, 0.3) is 0 Å². The molecule has 32 heavy (non-hydrogen) atoms. The number of esters is 1. The number of fused-ring (bicyclic) bond motifs is 1. The molecule has 4 rings (SSSR count). The number of amides is 1. The number of carbonyl (C=O) groups is 2. The molecule has 0 spiro atoms. The number of carbonyl (C=O) groups excluding carboxylic acids is 2. The van der Waals surface area contributed by atoms with Crippen molar-refractivity contribution in [2.24, 2.45) is 0 Å². The van der Waals surface area contributed by atoms with Crippen LogP contribution in [0.5, 0.6) is 5.75 Å². The van der Waals surface area contributed by atoms with Gasteiger partial charge in [-0.1, -0.05) is 24.3 Å². The Morgan fingerprint density at radius 2 is 1.94 bits per heavy atom. The molecule has 7 nitrogen and oxygen atoms in total. The second-order valence-electron chi connectivity index (χ2n) is 7.49. The smallest absolute Gasteiger partial charge is 0.337 e. The van der Waals surface area contributed by atoms with Gasteiger partial charge in [0, 0.05) is 17.9 Å². The SMILES string of the molecule is CCOc1ccc([C@@]2(O)CSC3=C(C#N)[C@H](c4ccc(C(=O)OC)cc4)CC(=O)N32)cc1. The number of ether oxygens (including phenoxy) is 2. The molecule has 0 bridgehead atoms. The summed E-state index contributed by atoms with van der Waals surface area (Å²) >= 11 is 1.30. The first-order valence-corrected chi connectivity index (χ1v) is 11.2. The Balaban J connectivity index is 1.69. The fourth-order valence-corrected chi connectivity index (χ4v) is 5.44. The van der Waals surface area contributed by atoms with Crippen molar-refractivity contribution >= 4 is 23.6 Å². The topological polar surface area (TPSA) is 99.9 Å². The van der Waals surface area contributed by atoms with Gasteiger partial charge in [-0.3, -0.25) is 9.69 Å². The number of methoxy groups -OCH3 is 1. The van der Waals surface area contributed by atoms with Crippen molar-refractivity contribution in [2.75, 3.05) is 19.5 Å². The van der Waals surface area contributed by atoms with Gasteiger partial charge in [-0.15, -0.1) is 11.8 Å². The van der Waals surface area contributed by atoms with E-state index in [0.717, 1.165) is 5.56 Å². The molecule has 0 saturated carbocycles. The summed E-state index contributed by atoms with van der Waals surface area (Å²) in [4.78, 5) is 26.3. The van der Waals surface area contributed by atoms with Crippen LogP contribution >= 0.6 is 11.8 Å². The van der Waals surface area contributed by atoms with Crippen LogP contribution in [0.4, 0.5) is 0 Å². The lowest BCUT2D eigenvalue weighted by atomic mass is 9.85.